The number of amides is 1. The van der Waals surface area contributed by atoms with E-state index in [1.54, 1.807) is 7.11 Å². The van der Waals surface area contributed by atoms with Crippen LogP contribution in [-0.2, 0) is 14.9 Å². The van der Waals surface area contributed by atoms with Crippen LogP contribution in [0.3, 0.4) is 0 Å². The fourth-order valence-electron chi connectivity index (χ4n) is 2.77. The zero-order valence-electron chi connectivity index (χ0n) is 12.0. The quantitative estimate of drug-likeness (QED) is 0.868. The van der Waals surface area contributed by atoms with Gasteiger partial charge in [-0.3, -0.25) is 4.79 Å². The normalized spacial score (nSPS) is 26.1. The maximum absolute atomic E-state index is 11.8. The van der Waals surface area contributed by atoms with Gasteiger partial charge in [0.1, 0.15) is 6.04 Å². The summed E-state index contributed by atoms with van der Waals surface area (Å²) in [6.07, 6.45) is 1.92. The van der Waals surface area contributed by atoms with Gasteiger partial charge in [-0.1, -0.05) is 37.3 Å². The zero-order valence-corrected chi connectivity index (χ0v) is 12.8. The highest BCUT2D eigenvalue weighted by molar-refractivity contribution is 5.85. The van der Waals surface area contributed by atoms with E-state index in [-0.39, 0.29) is 36.4 Å². The lowest BCUT2D eigenvalue weighted by molar-refractivity contribution is -0.125. The van der Waals surface area contributed by atoms with Crippen molar-refractivity contribution in [2.75, 3.05) is 13.7 Å². The average molecular weight is 299 g/mol. The molecule has 1 atom stereocenters. The van der Waals surface area contributed by atoms with E-state index in [4.69, 9.17) is 10.5 Å². The van der Waals surface area contributed by atoms with Crippen LogP contribution in [0.15, 0.2) is 30.3 Å². The van der Waals surface area contributed by atoms with Gasteiger partial charge in [0.15, 0.2) is 0 Å². The van der Waals surface area contributed by atoms with Gasteiger partial charge in [-0.25, -0.2) is 0 Å². The monoisotopic (exact) mass is 298 g/mol. The van der Waals surface area contributed by atoms with E-state index >= 15 is 0 Å². The van der Waals surface area contributed by atoms with Crippen LogP contribution in [0, 0.1) is 0 Å². The van der Waals surface area contributed by atoms with Gasteiger partial charge in [-0.05, 0) is 23.8 Å². The van der Waals surface area contributed by atoms with Crippen LogP contribution >= 0.6 is 12.4 Å². The Morgan fingerprint density at radius 3 is 2.60 bits per heavy atom. The number of nitrogens with two attached hydrogens (primary N) is 1. The van der Waals surface area contributed by atoms with E-state index in [1.165, 1.54) is 5.56 Å². The summed E-state index contributed by atoms with van der Waals surface area (Å²) in [7, 11) is 1.54. The van der Waals surface area contributed by atoms with Crippen molar-refractivity contribution < 1.29 is 9.53 Å². The van der Waals surface area contributed by atoms with Crippen LogP contribution < -0.4 is 11.1 Å². The van der Waals surface area contributed by atoms with Crippen LogP contribution in [-0.4, -0.2) is 31.7 Å². The van der Waals surface area contributed by atoms with Crippen LogP contribution in [0.25, 0.3) is 0 Å². The maximum atomic E-state index is 11.8. The van der Waals surface area contributed by atoms with Crippen molar-refractivity contribution >= 4 is 18.3 Å². The second-order valence-electron chi connectivity index (χ2n) is 5.60. The molecule has 1 unspecified atom stereocenters. The molecule has 4 nitrogen and oxygen atoms in total. The van der Waals surface area contributed by atoms with E-state index in [0.717, 1.165) is 12.8 Å². The molecule has 2 rings (SSSR count). The predicted molar refractivity (Wildman–Crippen MR) is 82.1 cm³/mol. The van der Waals surface area contributed by atoms with Crippen molar-refractivity contribution in [1.82, 2.24) is 5.32 Å². The fraction of sp³-hybridized carbons (Fsp3) is 0.533. The summed E-state index contributed by atoms with van der Waals surface area (Å²) in [5, 5.41) is 2.98. The molecule has 1 aliphatic rings. The SMILES string of the molecule is COCC(N)C(=O)NC1CC(C)(c2ccccc2)C1.Cl. The van der Waals surface area contributed by atoms with E-state index in [0.29, 0.717) is 0 Å². The summed E-state index contributed by atoms with van der Waals surface area (Å²) in [6, 6.07) is 10.1. The van der Waals surface area contributed by atoms with E-state index in [1.807, 2.05) is 6.07 Å². The molecule has 0 heterocycles. The molecule has 0 bridgehead atoms. The summed E-state index contributed by atoms with van der Waals surface area (Å²) in [4.78, 5) is 11.8. The smallest absolute Gasteiger partial charge is 0.239 e. The number of ether oxygens (including phenoxy) is 1. The van der Waals surface area contributed by atoms with E-state index in [9.17, 15) is 4.79 Å². The van der Waals surface area contributed by atoms with Crippen molar-refractivity contribution in [3.63, 3.8) is 0 Å². The molecule has 20 heavy (non-hydrogen) atoms. The second kappa shape index (κ2) is 7.07. The van der Waals surface area contributed by atoms with Gasteiger partial charge in [0.05, 0.1) is 6.61 Å². The van der Waals surface area contributed by atoms with Crippen LogP contribution in [0.4, 0.5) is 0 Å². The minimum Gasteiger partial charge on any atom is -0.383 e. The molecule has 1 aromatic rings. The van der Waals surface area contributed by atoms with Gasteiger partial charge in [0, 0.05) is 13.2 Å². The third kappa shape index (κ3) is 3.72. The molecule has 0 spiro atoms. The van der Waals surface area contributed by atoms with Crippen LogP contribution in [0.5, 0.6) is 0 Å². The standard InChI is InChI=1S/C15H22N2O2.ClH/c1-15(11-6-4-3-5-7-11)8-12(9-15)17-14(18)13(16)10-19-2;/h3-7,12-13H,8-10,16H2,1-2H3,(H,17,18);1H. The molecule has 1 aliphatic carbocycles. The number of carbonyl (C=O) groups is 1. The predicted octanol–water partition coefficient (Wildman–Crippen LogP) is 1.62. The molecule has 0 radical (unpaired) electrons. The largest absolute Gasteiger partial charge is 0.383 e. The third-order valence-electron chi connectivity index (χ3n) is 3.89. The summed E-state index contributed by atoms with van der Waals surface area (Å²) in [6.45, 7) is 2.49. The topological polar surface area (TPSA) is 64.3 Å². The van der Waals surface area contributed by atoms with Crippen LogP contribution in [0.1, 0.15) is 25.3 Å². The Labute approximate surface area is 126 Å². The van der Waals surface area contributed by atoms with Crippen molar-refractivity contribution in [3.05, 3.63) is 35.9 Å². The van der Waals surface area contributed by atoms with Crippen molar-refractivity contribution in [1.29, 1.82) is 0 Å². The Hall–Kier alpha value is -1.10. The molecule has 3 N–H and O–H groups in total. The van der Waals surface area contributed by atoms with Gasteiger partial charge >= 0.3 is 0 Å². The number of methoxy groups -OCH3 is 1. The summed E-state index contributed by atoms with van der Waals surface area (Å²) in [5.41, 5.74) is 7.20. The summed E-state index contributed by atoms with van der Waals surface area (Å²) < 4.78 is 4.88. The van der Waals surface area contributed by atoms with Gasteiger partial charge in [0.25, 0.3) is 0 Å². The molecular weight excluding hydrogens is 276 g/mol. The Kier molecular flexibility index (Phi) is 5.99. The van der Waals surface area contributed by atoms with Crippen molar-refractivity contribution in [2.45, 2.75) is 37.3 Å². The minimum atomic E-state index is -0.575. The van der Waals surface area contributed by atoms with E-state index < -0.39 is 6.04 Å². The first-order valence-corrected chi connectivity index (χ1v) is 6.65. The molecule has 1 amide bonds. The van der Waals surface area contributed by atoms with Gasteiger partial charge in [0.2, 0.25) is 5.91 Å². The van der Waals surface area contributed by atoms with Crippen molar-refractivity contribution in [3.8, 4) is 0 Å². The number of hydrogen-bond acceptors (Lipinski definition) is 3. The molecule has 0 aromatic heterocycles. The minimum absolute atomic E-state index is 0. The number of halogens is 1. The van der Waals surface area contributed by atoms with Gasteiger partial charge in [-0.2, -0.15) is 0 Å². The first kappa shape index (κ1) is 17.0. The number of carbonyl (C=O) groups excluding carboxylic acids is 1. The first-order valence-electron chi connectivity index (χ1n) is 6.65. The van der Waals surface area contributed by atoms with Crippen LogP contribution in [0.2, 0.25) is 0 Å². The number of hydrogen-bond donors (Lipinski definition) is 2. The molecule has 0 saturated heterocycles. The number of benzene rings is 1. The van der Waals surface area contributed by atoms with E-state index in [2.05, 4.69) is 36.5 Å². The Morgan fingerprint density at radius 2 is 2.05 bits per heavy atom. The maximum Gasteiger partial charge on any atom is 0.239 e. The highest BCUT2D eigenvalue weighted by Gasteiger charge is 2.42. The first-order chi connectivity index (χ1) is 9.05. The lowest BCUT2D eigenvalue weighted by atomic mass is 9.63. The Balaban J connectivity index is 0.00000200. The van der Waals surface area contributed by atoms with Gasteiger partial charge < -0.3 is 15.8 Å². The lowest BCUT2D eigenvalue weighted by Gasteiger charge is -2.46. The lowest BCUT2D eigenvalue weighted by Crippen LogP contribution is -2.55. The highest BCUT2D eigenvalue weighted by atomic mass is 35.5. The van der Waals surface area contributed by atoms with Gasteiger partial charge in [-0.15, -0.1) is 12.4 Å². The molecule has 5 heteroatoms. The second-order valence-corrected chi connectivity index (χ2v) is 5.60. The molecule has 1 aromatic carbocycles. The van der Waals surface area contributed by atoms with Crippen molar-refractivity contribution in [2.24, 2.45) is 5.73 Å². The molecule has 0 aliphatic heterocycles. The fourth-order valence-corrected chi connectivity index (χ4v) is 2.77. The molecule has 112 valence electrons. The molecular formula is C15H23ClN2O2. The third-order valence-corrected chi connectivity index (χ3v) is 3.89. The summed E-state index contributed by atoms with van der Waals surface area (Å²) in [5.74, 6) is -0.123. The summed E-state index contributed by atoms with van der Waals surface area (Å²) >= 11 is 0. The average Bonchev–Trinajstić information content (AvgIpc) is 2.38. The number of nitrogens with one attached hydrogen (secondary N) is 1. The highest BCUT2D eigenvalue weighted by Crippen LogP contribution is 2.43. The molecule has 1 saturated carbocycles. The zero-order chi connectivity index (χ0) is 13.9. The Morgan fingerprint density at radius 1 is 1.45 bits per heavy atom. The number of rotatable bonds is 5. The molecule has 1 fully saturated rings. The Bertz CT molecular complexity index is 433.